The number of hydrogen-bond acceptors (Lipinski definition) is 3. The van der Waals surface area contributed by atoms with Crippen LogP contribution in [0.15, 0.2) is 30.3 Å². The number of rotatable bonds is 6. The Kier molecular flexibility index (Phi) is 3.97. The summed E-state index contributed by atoms with van der Waals surface area (Å²) in [5.41, 5.74) is 3.62. The Hall–Kier alpha value is -1.81. The molecule has 0 aliphatic heterocycles. The molecule has 0 amide bonds. The van der Waals surface area contributed by atoms with Gasteiger partial charge < -0.3 is 4.74 Å². The lowest BCUT2D eigenvalue weighted by molar-refractivity contribution is 0.244. The van der Waals surface area contributed by atoms with E-state index < -0.39 is 0 Å². The first-order valence-electron chi connectivity index (χ1n) is 7.56. The second-order valence-corrected chi connectivity index (χ2v) is 5.93. The molecule has 0 radical (unpaired) electrons. The van der Waals surface area contributed by atoms with Gasteiger partial charge in [-0.2, -0.15) is 5.10 Å². The predicted octanol–water partition coefficient (Wildman–Crippen LogP) is 3.49. The maximum Gasteiger partial charge on any atom is 0.123 e. The van der Waals surface area contributed by atoms with Crippen molar-refractivity contribution in [1.29, 1.82) is 0 Å². The van der Waals surface area contributed by atoms with E-state index in [0.29, 0.717) is 5.92 Å². The van der Waals surface area contributed by atoms with Crippen molar-refractivity contribution in [2.75, 3.05) is 14.2 Å². The first kappa shape index (κ1) is 14.1. The molecule has 4 nitrogen and oxygen atoms in total. The molecule has 0 bridgehead atoms. The van der Waals surface area contributed by atoms with E-state index in [1.54, 1.807) is 7.11 Å². The van der Waals surface area contributed by atoms with E-state index in [1.165, 1.54) is 29.8 Å². The van der Waals surface area contributed by atoms with Gasteiger partial charge in [0, 0.05) is 29.8 Å². The van der Waals surface area contributed by atoms with Gasteiger partial charge in [-0.3, -0.25) is 10.00 Å². The van der Waals surface area contributed by atoms with Crippen LogP contribution in [-0.4, -0.2) is 29.3 Å². The zero-order valence-corrected chi connectivity index (χ0v) is 13.0. The lowest BCUT2D eigenvalue weighted by Crippen LogP contribution is -2.22. The number of para-hydroxylation sites is 1. The fourth-order valence-corrected chi connectivity index (χ4v) is 2.70. The van der Waals surface area contributed by atoms with Crippen LogP contribution in [0, 0.1) is 0 Å². The molecular formula is C17H23N3O. The molecule has 21 heavy (non-hydrogen) atoms. The maximum absolute atomic E-state index is 5.46. The van der Waals surface area contributed by atoms with Gasteiger partial charge >= 0.3 is 0 Å². The minimum absolute atomic E-state index is 0.286. The molecular weight excluding hydrogens is 262 g/mol. The molecule has 1 unspecified atom stereocenters. The van der Waals surface area contributed by atoms with Crippen LogP contribution < -0.4 is 4.74 Å². The van der Waals surface area contributed by atoms with Gasteiger partial charge in [0.05, 0.1) is 12.8 Å². The summed E-state index contributed by atoms with van der Waals surface area (Å²) in [6.07, 6.45) is 2.58. The van der Waals surface area contributed by atoms with E-state index in [4.69, 9.17) is 4.74 Å². The van der Waals surface area contributed by atoms with Crippen LogP contribution in [0.4, 0.5) is 0 Å². The molecule has 0 spiro atoms. The highest BCUT2D eigenvalue weighted by Gasteiger charge is 2.26. The Morgan fingerprint density at radius 2 is 2.14 bits per heavy atom. The summed E-state index contributed by atoms with van der Waals surface area (Å²) in [5.74, 6) is 1.65. The summed E-state index contributed by atoms with van der Waals surface area (Å²) in [4.78, 5) is 2.31. The van der Waals surface area contributed by atoms with Gasteiger partial charge in [0.2, 0.25) is 0 Å². The van der Waals surface area contributed by atoms with E-state index in [1.807, 2.05) is 12.1 Å². The molecule has 1 heterocycles. The Bertz CT molecular complexity index is 604. The average molecular weight is 285 g/mol. The van der Waals surface area contributed by atoms with Gasteiger partial charge in [-0.1, -0.05) is 18.2 Å². The number of nitrogens with one attached hydrogen (secondary N) is 1. The second-order valence-electron chi connectivity index (χ2n) is 5.93. The molecule has 1 aromatic heterocycles. The van der Waals surface area contributed by atoms with Crippen LogP contribution in [0.5, 0.6) is 5.75 Å². The number of ether oxygens (including phenoxy) is 1. The molecule has 1 aromatic carbocycles. The third kappa shape index (κ3) is 3.10. The first-order chi connectivity index (χ1) is 10.2. The van der Waals surface area contributed by atoms with Gasteiger partial charge in [-0.05, 0) is 38.9 Å². The quantitative estimate of drug-likeness (QED) is 0.883. The van der Waals surface area contributed by atoms with Crippen LogP contribution in [0.25, 0.3) is 0 Å². The monoisotopic (exact) mass is 285 g/mol. The van der Waals surface area contributed by atoms with Crippen molar-refractivity contribution in [2.24, 2.45) is 0 Å². The highest BCUT2D eigenvalue weighted by atomic mass is 16.5. The lowest BCUT2D eigenvalue weighted by atomic mass is 10.1. The zero-order valence-electron chi connectivity index (χ0n) is 13.0. The number of methoxy groups -OCH3 is 1. The molecule has 1 fully saturated rings. The summed E-state index contributed by atoms with van der Waals surface area (Å²) in [5, 5.41) is 7.59. The third-order valence-electron chi connectivity index (χ3n) is 4.32. The number of aromatic nitrogens is 2. The van der Waals surface area contributed by atoms with E-state index in [2.05, 4.69) is 47.3 Å². The SMILES string of the molecule is COc1ccccc1C(C)N(C)Cc1cc(C2CC2)n[nH]1. The van der Waals surface area contributed by atoms with Gasteiger partial charge in [-0.25, -0.2) is 0 Å². The van der Waals surface area contributed by atoms with Crippen molar-refractivity contribution in [1.82, 2.24) is 15.1 Å². The lowest BCUT2D eigenvalue weighted by Gasteiger charge is -2.25. The minimum atomic E-state index is 0.286. The number of hydrogen-bond donors (Lipinski definition) is 1. The van der Waals surface area contributed by atoms with Crippen molar-refractivity contribution in [3.05, 3.63) is 47.3 Å². The standard InChI is InChI=1S/C17H23N3O/c1-12(15-6-4-5-7-17(15)21-3)20(2)11-14-10-16(19-18-14)13-8-9-13/h4-7,10,12-13H,8-9,11H2,1-3H3,(H,18,19). The van der Waals surface area contributed by atoms with Crippen LogP contribution >= 0.6 is 0 Å². The second kappa shape index (κ2) is 5.90. The Morgan fingerprint density at radius 3 is 2.86 bits per heavy atom. The normalized spacial score (nSPS) is 16.2. The van der Waals surface area contributed by atoms with E-state index in [-0.39, 0.29) is 6.04 Å². The van der Waals surface area contributed by atoms with Crippen LogP contribution in [-0.2, 0) is 6.54 Å². The Morgan fingerprint density at radius 1 is 1.38 bits per heavy atom. The molecule has 0 saturated heterocycles. The molecule has 1 aliphatic carbocycles. The molecule has 1 N–H and O–H groups in total. The van der Waals surface area contributed by atoms with Gasteiger partial charge in [0.25, 0.3) is 0 Å². The van der Waals surface area contributed by atoms with E-state index in [9.17, 15) is 0 Å². The minimum Gasteiger partial charge on any atom is -0.496 e. The summed E-state index contributed by atoms with van der Waals surface area (Å²) in [6, 6.07) is 10.7. The summed E-state index contributed by atoms with van der Waals surface area (Å²) in [7, 11) is 3.86. The number of aromatic amines is 1. The zero-order chi connectivity index (χ0) is 14.8. The molecule has 2 aromatic rings. The highest BCUT2D eigenvalue weighted by molar-refractivity contribution is 5.35. The molecule has 1 saturated carbocycles. The van der Waals surface area contributed by atoms with E-state index >= 15 is 0 Å². The van der Waals surface area contributed by atoms with Crippen LogP contribution in [0.1, 0.15) is 48.7 Å². The van der Waals surface area contributed by atoms with Crippen molar-refractivity contribution >= 4 is 0 Å². The molecule has 4 heteroatoms. The number of benzene rings is 1. The molecule has 1 aliphatic rings. The largest absolute Gasteiger partial charge is 0.496 e. The number of nitrogens with zero attached hydrogens (tertiary/aromatic N) is 2. The third-order valence-corrected chi connectivity index (χ3v) is 4.32. The van der Waals surface area contributed by atoms with Crippen molar-refractivity contribution in [2.45, 2.75) is 38.3 Å². The average Bonchev–Trinajstić information content (AvgIpc) is 3.26. The van der Waals surface area contributed by atoms with Crippen molar-refractivity contribution in [3.8, 4) is 5.75 Å². The molecule has 112 valence electrons. The Balaban J connectivity index is 1.69. The fourth-order valence-electron chi connectivity index (χ4n) is 2.70. The van der Waals surface area contributed by atoms with Crippen molar-refractivity contribution in [3.63, 3.8) is 0 Å². The molecule has 1 atom stereocenters. The Labute approximate surface area is 126 Å². The smallest absolute Gasteiger partial charge is 0.123 e. The summed E-state index contributed by atoms with van der Waals surface area (Å²) < 4.78 is 5.46. The van der Waals surface area contributed by atoms with Crippen molar-refractivity contribution < 1.29 is 4.74 Å². The van der Waals surface area contributed by atoms with Gasteiger partial charge in [0.1, 0.15) is 5.75 Å². The van der Waals surface area contributed by atoms with Gasteiger partial charge in [0.15, 0.2) is 0 Å². The summed E-state index contributed by atoms with van der Waals surface area (Å²) >= 11 is 0. The van der Waals surface area contributed by atoms with Crippen LogP contribution in [0.3, 0.4) is 0 Å². The predicted molar refractivity (Wildman–Crippen MR) is 83.4 cm³/mol. The topological polar surface area (TPSA) is 41.1 Å². The van der Waals surface area contributed by atoms with E-state index in [0.717, 1.165) is 12.3 Å². The fraction of sp³-hybridized carbons (Fsp3) is 0.471. The molecule has 3 rings (SSSR count). The maximum atomic E-state index is 5.46. The number of H-pyrrole nitrogens is 1. The first-order valence-corrected chi connectivity index (χ1v) is 7.56. The van der Waals surface area contributed by atoms with Gasteiger partial charge in [-0.15, -0.1) is 0 Å². The summed E-state index contributed by atoms with van der Waals surface area (Å²) in [6.45, 7) is 3.06. The van der Waals surface area contributed by atoms with Crippen LogP contribution in [0.2, 0.25) is 0 Å². The highest BCUT2D eigenvalue weighted by Crippen LogP contribution is 2.39.